The predicted octanol–water partition coefficient (Wildman–Crippen LogP) is 2.04. The summed E-state index contributed by atoms with van der Waals surface area (Å²) in [4.78, 5) is 22.7. The van der Waals surface area contributed by atoms with Crippen molar-refractivity contribution in [2.24, 2.45) is 0 Å². The van der Waals surface area contributed by atoms with E-state index in [2.05, 4.69) is 10.6 Å². The highest BCUT2D eigenvalue weighted by molar-refractivity contribution is 6.31. The monoisotopic (exact) mass is 284 g/mol. The Morgan fingerprint density at radius 2 is 2.11 bits per heavy atom. The van der Waals surface area contributed by atoms with Gasteiger partial charge in [-0.25, -0.2) is 0 Å². The van der Waals surface area contributed by atoms with Gasteiger partial charge in [-0.3, -0.25) is 9.59 Å². The summed E-state index contributed by atoms with van der Waals surface area (Å²) in [5, 5.41) is 14.9. The van der Waals surface area contributed by atoms with Crippen LogP contribution in [0, 0.1) is 6.92 Å². The van der Waals surface area contributed by atoms with Crippen LogP contribution in [0.4, 0.5) is 5.69 Å². The number of carboxylic acids is 1. The van der Waals surface area contributed by atoms with Gasteiger partial charge in [-0.1, -0.05) is 24.6 Å². The smallest absolute Gasteiger partial charge is 0.321 e. The lowest BCUT2D eigenvalue weighted by Gasteiger charge is -2.13. The van der Waals surface area contributed by atoms with Gasteiger partial charge in [-0.05, 0) is 31.2 Å². The molecule has 1 atom stereocenters. The fourth-order valence-corrected chi connectivity index (χ4v) is 1.74. The van der Waals surface area contributed by atoms with Crippen molar-refractivity contribution in [2.75, 3.05) is 11.9 Å². The molecule has 1 aromatic rings. The Labute approximate surface area is 117 Å². The molecule has 1 rings (SSSR count). The molecule has 19 heavy (non-hydrogen) atoms. The molecule has 1 aromatic carbocycles. The van der Waals surface area contributed by atoms with Crippen molar-refractivity contribution in [3.63, 3.8) is 0 Å². The van der Waals surface area contributed by atoms with E-state index in [1.807, 2.05) is 6.92 Å². The van der Waals surface area contributed by atoms with Crippen LogP contribution < -0.4 is 10.6 Å². The topological polar surface area (TPSA) is 78.4 Å². The predicted molar refractivity (Wildman–Crippen MR) is 74.5 cm³/mol. The first-order chi connectivity index (χ1) is 8.93. The summed E-state index contributed by atoms with van der Waals surface area (Å²) in [6.07, 6.45) is -0.130. The van der Waals surface area contributed by atoms with Crippen molar-refractivity contribution in [2.45, 2.75) is 26.3 Å². The number of nitrogens with one attached hydrogen (secondary N) is 2. The number of aryl methyl sites for hydroxylation is 1. The van der Waals surface area contributed by atoms with Crippen LogP contribution >= 0.6 is 11.6 Å². The number of likely N-dealkylation sites (N-methyl/N-ethyl adjacent to an activating group) is 1. The van der Waals surface area contributed by atoms with Gasteiger partial charge in [0, 0.05) is 10.7 Å². The molecule has 0 aliphatic rings. The van der Waals surface area contributed by atoms with Crippen molar-refractivity contribution in [1.29, 1.82) is 0 Å². The van der Waals surface area contributed by atoms with Gasteiger partial charge in [-0.15, -0.1) is 0 Å². The SMILES string of the molecule is CCNC(CC(=O)Nc1ccc(C)c(Cl)c1)C(=O)O. The molecular weight excluding hydrogens is 268 g/mol. The number of carbonyl (C=O) groups is 2. The van der Waals surface area contributed by atoms with Crippen LogP contribution in [0.15, 0.2) is 18.2 Å². The Morgan fingerprint density at radius 1 is 1.42 bits per heavy atom. The minimum atomic E-state index is -1.04. The van der Waals surface area contributed by atoms with Crippen molar-refractivity contribution in [3.8, 4) is 0 Å². The molecule has 0 fully saturated rings. The lowest BCUT2D eigenvalue weighted by molar-refractivity contribution is -0.141. The van der Waals surface area contributed by atoms with Crippen molar-refractivity contribution in [1.82, 2.24) is 5.32 Å². The first kappa shape index (κ1) is 15.5. The van der Waals surface area contributed by atoms with Crippen LogP contribution in [0.25, 0.3) is 0 Å². The maximum Gasteiger partial charge on any atom is 0.321 e. The van der Waals surface area contributed by atoms with E-state index in [4.69, 9.17) is 16.7 Å². The molecule has 0 spiro atoms. The van der Waals surface area contributed by atoms with E-state index in [0.29, 0.717) is 17.3 Å². The Balaban J connectivity index is 2.63. The van der Waals surface area contributed by atoms with Gasteiger partial charge in [0.25, 0.3) is 0 Å². The van der Waals surface area contributed by atoms with Crippen molar-refractivity contribution >= 4 is 29.2 Å². The summed E-state index contributed by atoms with van der Waals surface area (Å²) < 4.78 is 0. The van der Waals surface area contributed by atoms with Gasteiger partial charge >= 0.3 is 5.97 Å². The lowest BCUT2D eigenvalue weighted by atomic mass is 10.2. The standard InChI is InChI=1S/C13H17ClN2O3/c1-3-15-11(13(18)19)7-12(17)16-9-5-4-8(2)10(14)6-9/h4-6,11,15H,3,7H2,1-2H3,(H,16,17)(H,18,19). The summed E-state index contributed by atoms with van der Waals surface area (Å²) in [7, 11) is 0. The van der Waals surface area contributed by atoms with Crippen LogP contribution in [0.1, 0.15) is 18.9 Å². The number of halogens is 1. The van der Waals surface area contributed by atoms with Crippen LogP contribution in [-0.4, -0.2) is 29.6 Å². The van der Waals surface area contributed by atoms with Crippen LogP contribution in [0.3, 0.4) is 0 Å². The van der Waals surface area contributed by atoms with Crippen molar-refractivity contribution in [3.05, 3.63) is 28.8 Å². The molecule has 0 saturated carbocycles. The number of hydrogen-bond donors (Lipinski definition) is 3. The maximum atomic E-state index is 11.7. The number of hydrogen-bond acceptors (Lipinski definition) is 3. The molecule has 1 unspecified atom stereocenters. The summed E-state index contributed by atoms with van der Waals surface area (Å²) >= 11 is 5.95. The second-order valence-corrected chi connectivity index (χ2v) is 4.57. The van der Waals surface area contributed by atoms with Crippen LogP contribution in [-0.2, 0) is 9.59 Å². The van der Waals surface area contributed by atoms with Gasteiger partial charge in [0.2, 0.25) is 5.91 Å². The van der Waals surface area contributed by atoms with E-state index in [9.17, 15) is 9.59 Å². The van der Waals surface area contributed by atoms with Gasteiger partial charge < -0.3 is 15.7 Å². The van der Waals surface area contributed by atoms with E-state index in [-0.39, 0.29) is 12.3 Å². The third-order valence-corrected chi connectivity index (χ3v) is 3.00. The van der Waals surface area contributed by atoms with E-state index >= 15 is 0 Å². The highest BCUT2D eigenvalue weighted by atomic mass is 35.5. The number of amides is 1. The molecule has 104 valence electrons. The number of anilines is 1. The number of aliphatic carboxylic acids is 1. The molecule has 0 saturated heterocycles. The first-order valence-corrected chi connectivity index (χ1v) is 6.34. The molecule has 0 aliphatic heterocycles. The highest BCUT2D eigenvalue weighted by Gasteiger charge is 2.19. The minimum absolute atomic E-state index is 0.130. The lowest BCUT2D eigenvalue weighted by Crippen LogP contribution is -2.39. The largest absolute Gasteiger partial charge is 0.480 e. The molecule has 0 radical (unpaired) electrons. The van der Waals surface area contributed by atoms with E-state index in [1.54, 1.807) is 25.1 Å². The molecule has 1 amide bonds. The van der Waals surface area contributed by atoms with Crippen molar-refractivity contribution < 1.29 is 14.7 Å². The molecular formula is C13H17ClN2O3. The molecule has 0 bridgehead atoms. The van der Waals surface area contributed by atoms with Gasteiger partial charge in [-0.2, -0.15) is 0 Å². The van der Waals surface area contributed by atoms with Gasteiger partial charge in [0.05, 0.1) is 6.42 Å². The third kappa shape index (κ3) is 4.89. The number of carboxylic acid groups (broad SMARTS) is 1. The molecule has 0 aromatic heterocycles. The Kier molecular flexibility index (Phi) is 5.79. The molecule has 0 aliphatic carbocycles. The molecule has 5 nitrogen and oxygen atoms in total. The average molecular weight is 285 g/mol. The zero-order valence-electron chi connectivity index (χ0n) is 10.9. The van der Waals surface area contributed by atoms with Crippen LogP contribution in [0.2, 0.25) is 5.02 Å². The quantitative estimate of drug-likeness (QED) is 0.747. The Morgan fingerprint density at radius 3 is 2.63 bits per heavy atom. The normalized spacial score (nSPS) is 11.9. The second-order valence-electron chi connectivity index (χ2n) is 4.16. The zero-order valence-corrected chi connectivity index (χ0v) is 11.6. The first-order valence-electron chi connectivity index (χ1n) is 5.96. The summed E-state index contributed by atoms with van der Waals surface area (Å²) in [6.45, 7) is 4.13. The average Bonchev–Trinajstić information content (AvgIpc) is 2.33. The Hall–Kier alpha value is -1.59. The third-order valence-electron chi connectivity index (χ3n) is 2.59. The highest BCUT2D eigenvalue weighted by Crippen LogP contribution is 2.20. The van der Waals surface area contributed by atoms with Crippen LogP contribution in [0.5, 0.6) is 0 Å². The molecule has 6 heteroatoms. The fourth-order valence-electron chi connectivity index (χ4n) is 1.56. The fraction of sp³-hybridized carbons (Fsp3) is 0.385. The van der Waals surface area contributed by atoms with E-state index < -0.39 is 12.0 Å². The van der Waals surface area contributed by atoms with E-state index in [1.165, 1.54) is 0 Å². The summed E-state index contributed by atoms with van der Waals surface area (Å²) in [6, 6.07) is 4.27. The molecule has 0 heterocycles. The van der Waals surface area contributed by atoms with E-state index in [0.717, 1.165) is 5.56 Å². The zero-order chi connectivity index (χ0) is 14.4. The maximum absolute atomic E-state index is 11.7. The van der Waals surface area contributed by atoms with Gasteiger partial charge in [0.15, 0.2) is 0 Å². The summed E-state index contributed by atoms with van der Waals surface area (Å²) in [5.74, 6) is -1.41. The number of rotatable bonds is 6. The minimum Gasteiger partial charge on any atom is -0.480 e. The number of benzene rings is 1. The molecule has 3 N–H and O–H groups in total. The van der Waals surface area contributed by atoms with Gasteiger partial charge in [0.1, 0.15) is 6.04 Å². The number of carbonyl (C=O) groups excluding carboxylic acids is 1. The summed E-state index contributed by atoms with van der Waals surface area (Å²) in [5.41, 5.74) is 1.47. The Bertz CT molecular complexity index is 477. The second kappa shape index (κ2) is 7.11.